The Kier molecular flexibility index (Phi) is 4.25. The summed E-state index contributed by atoms with van der Waals surface area (Å²) in [6.07, 6.45) is 0. The minimum Gasteiger partial charge on any atom is -0.354 e. The van der Waals surface area contributed by atoms with Crippen molar-refractivity contribution in [1.29, 1.82) is 0 Å². The van der Waals surface area contributed by atoms with E-state index in [1.165, 1.54) is 6.07 Å². The SMILES string of the molecule is NCCNC(=O)CS(=O)(=O)c1cccs1. The van der Waals surface area contributed by atoms with E-state index in [4.69, 9.17) is 5.73 Å². The third-order valence-corrected chi connectivity index (χ3v) is 4.69. The normalized spacial score (nSPS) is 11.3. The Balaban J connectivity index is 2.62. The van der Waals surface area contributed by atoms with Crippen molar-refractivity contribution in [1.82, 2.24) is 5.32 Å². The first-order valence-electron chi connectivity index (χ1n) is 4.29. The predicted molar refractivity (Wildman–Crippen MR) is 58.4 cm³/mol. The van der Waals surface area contributed by atoms with Crippen molar-refractivity contribution in [2.45, 2.75) is 4.21 Å². The number of thiophene rings is 1. The van der Waals surface area contributed by atoms with E-state index >= 15 is 0 Å². The van der Waals surface area contributed by atoms with Crippen LogP contribution in [0.4, 0.5) is 0 Å². The summed E-state index contributed by atoms with van der Waals surface area (Å²) in [5, 5.41) is 4.07. The van der Waals surface area contributed by atoms with E-state index < -0.39 is 21.5 Å². The largest absolute Gasteiger partial charge is 0.354 e. The first kappa shape index (κ1) is 12.2. The molecular weight excluding hydrogens is 236 g/mol. The lowest BCUT2D eigenvalue weighted by atomic mass is 10.6. The second-order valence-electron chi connectivity index (χ2n) is 2.83. The number of amides is 1. The summed E-state index contributed by atoms with van der Waals surface area (Å²) >= 11 is 1.10. The van der Waals surface area contributed by atoms with Crippen LogP contribution >= 0.6 is 11.3 Å². The number of sulfone groups is 1. The Hall–Kier alpha value is -0.920. The molecule has 0 saturated carbocycles. The molecule has 7 heteroatoms. The van der Waals surface area contributed by atoms with Crippen LogP contribution in [0.25, 0.3) is 0 Å². The zero-order chi connectivity index (χ0) is 11.3. The Morgan fingerprint density at radius 1 is 1.53 bits per heavy atom. The van der Waals surface area contributed by atoms with Crippen LogP contribution in [0.5, 0.6) is 0 Å². The second-order valence-corrected chi connectivity index (χ2v) is 5.99. The highest BCUT2D eigenvalue weighted by atomic mass is 32.2. The van der Waals surface area contributed by atoms with Crippen LogP contribution in [-0.4, -0.2) is 33.2 Å². The molecule has 0 aliphatic carbocycles. The lowest BCUT2D eigenvalue weighted by molar-refractivity contribution is -0.118. The van der Waals surface area contributed by atoms with E-state index in [9.17, 15) is 13.2 Å². The van der Waals surface area contributed by atoms with Gasteiger partial charge in [-0.1, -0.05) is 6.07 Å². The zero-order valence-electron chi connectivity index (χ0n) is 7.97. The molecule has 0 atom stereocenters. The first-order valence-corrected chi connectivity index (χ1v) is 6.82. The van der Waals surface area contributed by atoms with Gasteiger partial charge in [-0.2, -0.15) is 0 Å². The lowest BCUT2D eigenvalue weighted by Gasteiger charge is -2.03. The van der Waals surface area contributed by atoms with Gasteiger partial charge in [0.1, 0.15) is 9.96 Å². The molecule has 0 radical (unpaired) electrons. The minimum atomic E-state index is -3.48. The summed E-state index contributed by atoms with van der Waals surface area (Å²) in [6, 6.07) is 3.12. The van der Waals surface area contributed by atoms with Gasteiger partial charge in [0, 0.05) is 13.1 Å². The number of nitrogens with one attached hydrogen (secondary N) is 1. The number of carbonyl (C=O) groups is 1. The molecule has 1 heterocycles. The van der Waals surface area contributed by atoms with Gasteiger partial charge in [-0.15, -0.1) is 11.3 Å². The number of hydrogen-bond acceptors (Lipinski definition) is 5. The van der Waals surface area contributed by atoms with Crippen LogP contribution in [-0.2, 0) is 14.6 Å². The standard InChI is InChI=1S/C8H12N2O3S2/c9-3-4-10-7(11)6-15(12,13)8-2-1-5-14-8/h1-2,5H,3-4,6,9H2,(H,10,11). The highest BCUT2D eigenvalue weighted by Gasteiger charge is 2.19. The van der Waals surface area contributed by atoms with Crippen molar-refractivity contribution in [2.75, 3.05) is 18.8 Å². The van der Waals surface area contributed by atoms with Gasteiger partial charge in [0.15, 0.2) is 9.84 Å². The van der Waals surface area contributed by atoms with Gasteiger partial charge in [-0.25, -0.2) is 8.42 Å². The van der Waals surface area contributed by atoms with E-state index in [0.29, 0.717) is 13.1 Å². The number of hydrogen-bond donors (Lipinski definition) is 2. The molecule has 0 fully saturated rings. The van der Waals surface area contributed by atoms with Crippen molar-refractivity contribution in [2.24, 2.45) is 5.73 Å². The molecule has 0 spiro atoms. The molecule has 0 aliphatic heterocycles. The van der Waals surface area contributed by atoms with Crippen LogP contribution < -0.4 is 11.1 Å². The molecule has 0 aliphatic rings. The van der Waals surface area contributed by atoms with Gasteiger partial charge in [0.05, 0.1) is 0 Å². The molecule has 15 heavy (non-hydrogen) atoms. The number of carbonyl (C=O) groups excluding carboxylic acids is 1. The second kappa shape index (κ2) is 5.24. The summed E-state index contributed by atoms with van der Waals surface area (Å²) in [4.78, 5) is 11.2. The summed E-state index contributed by atoms with van der Waals surface area (Å²) in [7, 11) is -3.48. The average molecular weight is 248 g/mol. The van der Waals surface area contributed by atoms with Gasteiger partial charge < -0.3 is 11.1 Å². The van der Waals surface area contributed by atoms with Crippen molar-refractivity contribution >= 4 is 27.1 Å². The molecule has 84 valence electrons. The van der Waals surface area contributed by atoms with Crippen LogP contribution in [0.2, 0.25) is 0 Å². The fraction of sp³-hybridized carbons (Fsp3) is 0.375. The van der Waals surface area contributed by atoms with E-state index in [0.717, 1.165) is 11.3 Å². The molecule has 0 aromatic carbocycles. The Labute approximate surface area is 92.2 Å². The fourth-order valence-corrected chi connectivity index (χ4v) is 3.20. The molecule has 0 unspecified atom stereocenters. The molecule has 5 nitrogen and oxygen atoms in total. The lowest BCUT2D eigenvalue weighted by Crippen LogP contribution is -2.33. The van der Waals surface area contributed by atoms with Gasteiger partial charge in [0.2, 0.25) is 5.91 Å². The zero-order valence-corrected chi connectivity index (χ0v) is 9.60. The maximum atomic E-state index is 11.6. The molecule has 0 saturated heterocycles. The minimum absolute atomic E-state index is 0.213. The molecular formula is C8H12N2O3S2. The summed E-state index contributed by atoms with van der Waals surface area (Å²) in [6.45, 7) is 0.587. The summed E-state index contributed by atoms with van der Waals surface area (Å²) < 4.78 is 23.4. The van der Waals surface area contributed by atoms with E-state index in [-0.39, 0.29) is 4.21 Å². The smallest absolute Gasteiger partial charge is 0.235 e. The van der Waals surface area contributed by atoms with Crippen LogP contribution in [0, 0.1) is 0 Å². The maximum absolute atomic E-state index is 11.6. The van der Waals surface area contributed by atoms with Gasteiger partial charge in [0.25, 0.3) is 0 Å². The molecule has 3 N–H and O–H groups in total. The van der Waals surface area contributed by atoms with Crippen LogP contribution in [0.1, 0.15) is 0 Å². The monoisotopic (exact) mass is 248 g/mol. The Morgan fingerprint density at radius 3 is 2.80 bits per heavy atom. The van der Waals surface area contributed by atoms with Crippen molar-refractivity contribution in [3.8, 4) is 0 Å². The fourth-order valence-electron chi connectivity index (χ4n) is 0.947. The van der Waals surface area contributed by atoms with Gasteiger partial charge in [-0.05, 0) is 11.4 Å². The number of nitrogens with two attached hydrogens (primary N) is 1. The number of rotatable bonds is 5. The summed E-state index contributed by atoms with van der Waals surface area (Å²) in [5.74, 6) is -1.04. The van der Waals surface area contributed by atoms with E-state index in [1.54, 1.807) is 11.4 Å². The van der Waals surface area contributed by atoms with Crippen LogP contribution in [0.3, 0.4) is 0 Å². The third kappa shape index (κ3) is 3.61. The van der Waals surface area contributed by atoms with Gasteiger partial charge >= 0.3 is 0 Å². The van der Waals surface area contributed by atoms with Crippen LogP contribution in [0.15, 0.2) is 21.7 Å². The Morgan fingerprint density at radius 2 is 2.27 bits per heavy atom. The quantitative estimate of drug-likeness (QED) is 0.741. The predicted octanol–water partition coefficient (Wildman–Crippen LogP) is -0.403. The van der Waals surface area contributed by atoms with Crippen molar-refractivity contribution in [3.05, 3.63) is 17.5 Å². The van der Waals surface area contributed by atoms with Gasteiger partial charge in [-0.3, -0.25) is 4.79 Å². The third-order valence-electron chi connectivity index (χ3n) is 1.59. The highest BCUT2D eigenvalue weighted by Crippen LogP contribution is 2.16. The molecule has 1 rings (SSSR count). The maximum Gasteiger partial charge on any atom is 0.235 e. The van der Waals surface area contributed by atoms with Crippen molar-refractivity contribution < 1.29 is 13.2 Å². The molecule has 0 bridgehead atoms. The topological polar surface area (TPSA) is 89.3 Å². The summed E-state index contributed by atoms with van der Waals surface area (Å²) in [5.41, 5.74) is 5.17. The van der Waals surface area contributed by atoms with E-state index in [1.807, 2.05) is 0 Å². The Bertz CT molecular complexity index is 411. The average Bonchev–Trinajstić information content (AvgIpc) is 2.67. The highest BCUT2D eigenvalue weighted by molar-refractivity contribution is 7.94. The molecule has 1 aromatic heterocycles. The first-order chi connectivity index (χ1) is 7.06. The molecule has 1 aromatic rings. The van der Waals surface area contributed by atoms with E-state index in [2.05, 4.69) is 5.32 Å². The molecule has 1 amide bonds. The van der Waals surface area contributed by atoms with Crippen molar-refractivity contribution in [3.63, 3.8) is 0 Å².